The van der Waals surface area contributed by atoms with E-state index in [0.717, 1.165) is 42.5 Å². The molecule has 31 heavy (non-hydrogen) atoms. The fourth-order valence-electron chi connectivity index (χ4n) is 5.30. The van der Waals surface area contributed by atoms with Gasteiger partial charge in [0.15, 0.2) is 5.65 Å². The maximum Gasteiger partial charge on any atom is 0.162 e. The molecule has 6 rings (SSSR count). The smallest absolute Gasteiger partial charge is 0.162 e. The Bertz CT molecular complexity index is 1120. The fraction of sp³-hybridized carbons (Fsp3) is 0.458. The van der Waals surface area contributed by atoms with E-state index in [9.17, 15) is 0 Å². The third-order valence-corrected chi connectivity index (χ3v) is 7.20. The van der Waals surface area contributed by atoms with E-state index in [1.807, 2.05) is 23.1 Å². The minimum Gasteiger partial charge on any atom is -0.369 e. The average Bonchev–Trinajstić information content (AvgIpc) is 3.46. The van der Waals surface area contributed by atoms with Gasteiger partial charge in [-0.15, -0.1) is 0 Å². The largest absolute Gasteiger partial charge is 0.369 e. The first-order chi connectivity index (χ1) is 15.3. The Balaban J connectivity index is 1.19. The lowest BCUT2D eigenvalue weighted by atomic mass is 10.0. The van der Waals surface area contributed by atoms with Gasteiger partial charge in [0.05, 0.1) is 30.0 Å². The second-order valence-corrected chi connectivity index (χ2v) is 9.02. The van der Waals surface area contributed by atoms with Crippen molar-refractivity contribution in [1.82, 2.24) is 29.4 Å². The second kappa shape index (κ2) is 7.73. The van der Waals surface area contributed by atoms with E-state index in [4.69, 9.17) is 4.98 Å². The van der Waals surface area contributed by atoms with Crippen LogP contribution in [-0.4, -0.2) is 81.7 Å². The van der Waals surface area contributed by atoms with Gasteiger partial charge in [0, 0.05) is 57.1 Å². The number of pyridine rings is 1. The molecule has 0 saturated carbocycles. The first kappa shape index (κ1) is 19.0. The number of hydrogen-bond acceptors (Lipinski definition) is 6. The van der Waals surface area contributed by atoms with Crippen molar-refractivity contribution in [2.45, 2.75) is 25.3 Å². The molecule has 0 unspecified atom stereocenters. The van der Waals surface area contributed by atoms with Gasteiger partial charge in [0.25, 0.3) is 0 Å². The molecule has 3 aromatic rings. The molecule has 0 atom stereocenters. The number of hydrogen-bond donors (Lipinski definition) is 0. The lowest BCUT2D eigenvalue weighted by molar-refractivity contribution is 0.0982. The molecule has 7 heteroatoms. The minimum absolute atomic E-state index is 0.723. The summed E-state index contributed by atoms with van der Waals surface area (Å²) < 4.78 is 1.94. The first-order valence-corrected chi connectivity index (χ1v) is 11.4. The van der Waals surface area contributed by atoms with Crippen molar-refractivity contribution in [1.29, 1.82) is 0 Å². The number of fused-ring (bicyclic) bond motifs is 2. The number of piperidine rings is 1. The highest BCUT2D eigenvalue weighted by atomic mass is 15.3. The van der Waals surface area contributed by atoms with Crippen LogP contribution in [0, 0.1) is 0 Å². The molecule has 0 radical (unpaired) electrons. The third-order valence-electron chi connectivity index (χ3n) is 7.20. The maximum absolute atomic E-state index is 4.84. The molecule has 0 bridgehead atoms. The first-order valence-electron chi connectivity index (χ1n) is 11.4. The summed E-state index contributed by atoms with van der Waals surface area (Å²) in [5.74, 6) is 0. The quantitative estimate of drug-likeness (QED) is 0.655. The molecule has 2 aliphatic heterocycles. The Kier molecular flexibility index (Phi) is 4.73. The van der Waals surface area contributed by atoms with E-state index in [1.54, 1.807) is 0 Å². The average molecular weight is 416 g/mol. The maximum atomic E-state index is 4.84. The highest BCUT2D eigenvalue weighted by Crippen LogP contribution is 2.32. The number of likely N-dealkylation sites (N-methyl/N-ethyl adjacent to an activating group) is 1. The lowest BCUT2D eigenvalue weighted by Crippen LogP contribution is -2.52. The molecule has 7 nitrogen and oxygen atoms in total. The summed E-state index contributed by atoms with van der Waals surface area (Å²) in [5.41, 5.74) is 6.70. The van der Waals surface area contributed by atoms with E-state index in [1.165, 1.54) is 55.8 Å². The molecule has 0 aromatic carbocycles. The van der Waals surface area contributed by atoms with Crippen molar-refractivity contribution >= 4 is 17.4 Å². The van der Waals surface area contributed by atoms with Crippen molar-refractivity contribution in [3.05, 3.63) is 48.2 Å². The molecule has 0 amide bonds. The molecule has 5 heterocycles. The number of anilines is 1. The van der Waals surface area contributed by atoms with Crippen molar-refractivity contribution in [2.75, 3.05) is 51.2 Å². The summed E-state index contributed by atoms with van der Waals surface area (Å²) in [5, 5.41) is 4.65. The van der Waals surface area contributed by atoms with Gasteiger partial charge < -0.3 is 9.80 Å². The fourth-order valence-corrected chi connectivity index (χ4v) is 5.30. The van der Waals surface area contributed by atoms with Crippen molar-refractivity contribution in [3.63, 3.8) is 0 Å². The van der Waals surface area contributed by atoms with Crippen molar-refractivity contribution < 1.29 is 0 Å². The summed E-state index contributed by atoms with van der Waals surface area (Å²) in [6.07, 6.45) is 15.6. The highest BCUT2D eigenvalue weighted by molar-refractivity contribution is 5.82. The summed E-state index contributed by atoms with van der Waals surface area (Å²) in [7, 11) is 2.22. The molecule has 2 fully saturated rings. The van der Waals surface area contributed by atoms with Crippen LogP contribution in [0.1, 0.15) is 24.1 Å². The summed E-state index contributed by atoms with van der Waals surface area (Å²) in [6, 6.07) is 2.81. The van der Waals surface area contributed by atoms with Gasteiger partial charge in [-0.25, -0.2) is 9.50 Å². The van der Waals surface area contributed by atoms with Gasteiger partial charge in [-0.3, -0.25) is 9.88 Å². The molecule has 3 aromatic heterocycles. The van der Waals surface area contributed by atoms with Gasteiger partial charge in [-0.1, -0.05) is 6.08 Å². The van der Waals surface area contributed by atoms with E-state index >= 15 is 0 Å². The Morgan fingerprint density at radius 1 is 0.935 bits per heavy atom. The Morgan fingerprint density at radius 2 is 1.77 bits per heavy atom. The van der Waals surface area contributed by atoms with Crippen LogP contribution in [0.25, 0.3) is 22.9 Å². The zero-order chi connectivity index (χ0) is 20.8. The number of aromatic nitrogens is 4. The van der Waals surface area contributed by atoms with Crippen LogP contribution >= 0.6 is 0 Å². The zero-order valence-corrected chi connectivity index (χ0v) is 18.1. The van der Waals surface area contributed by atoms with Gasteiger partial charge in [-0.05, 0) is 49.6 Å². The second-order valence-electron chi connectivity index (χ2n) is 9.02. The lowest BCUT2D eigenvalue weighted by Gasteiger charge is -2.42. The third kappa shape index (κ3) is 3.42. The SMILES string of the molecule is CN1CCN(C2CCN(c3cnc4c(-c5ccnc6c5CC=C6)cnn4c3)CC2)CC1. The molecular weight excluding hydrogens is 386 g/mol. The van der Waals surface area contributed by atoms with Gasteiger partial charge in [-0.2, -0.15) is 5.10 Å². The van der Waals surface area contributed by atoms with Crippen LogP contribution in [0.3, 0.4) is 0 Å². The number of rotatable bonds is 3. The molecular formula is C24H29N7. The van der Waals surface area contributed by atoms with Crippen LogP contribution in [0.4, 0.5) is 5.69 Å². The van der Waals surface area contributed by atoms with E-state index in [-0.39, 0.29) is 0 Å². The predicted octanol–water partition coefficient (Wildman–Crippen LogP) is 2.58. The molecule has 2 saturated heterocycles. The number of nitrogens with zero attached hydrogens (tertiary/aromatic N) is 7. The Labute approximate surface area is 183 Å². The van der Waals surface area contributed by atoms with Gasteiger partial charge in [0.2, 0.25) is 0 Å². The normalized spacial score (nSPS) is 20.6. The van der Waals surface area contributed by atoms with Crippen LogP contribution in [0.5, 0.6) is 0 Å². The van der Waals surface area contributed by atoms with Crippen molar-refractivity contribution in [2.24, 2.45) is 0 Å². The summed E-state index contributed by atoms with van der Waals surface area (Å²) >= 11 is 0. The molecule has 160 valence electrons. The Morgan fingerprint density at radius 3 is 2.61 bits per heavy atom. The summed E-state index contributed by atoms with van der Waals surface area (Å²) in [6.45, 7) is 6.97. The Hall–Kier alpha value is -2.77. The minimum atomic E-state index is 0.723. The standard InChI is InChI=1S/C24H29N7/c1-28-11-13-30(14-12-28)18-6-9-29(10-7-18)19-15-26-24-22(16-27-31(24)17-19)20-5-8-25-23-4-2-3-21(20)23/h2,4-5,8,15-18H,3,6-7,9-14H2,1H3. The zero-order valence-electron chi connectivity index (χ0n) is 18.1. The van der Waals surface area contributed by atoms with Crippen LogP contribution in [-0.2, 0) is 6.42 Å². The van der Waals surface area contributed by atoms with Crippen molar-refractivity contribution in [3.8, 4) is 11.1 Å². The topological polar surface area (TPSA) is 52.8 Å². The molecule has 1 aliphatic carbocycles. The number of allylic oxidation sites excluding steroid dienone is 1. The van der Waals surface area contributed by atoms with Gasteiger partial charge >= 0.3 is 0 Å². The molecule has 0 spiro atoms. The van der Waals surface area contributed by atoms with E-state index < -0.39 is 0 Å². The molecule has 3 aliphatic rings. The van der Waals surface area contributed by atoms with Gasteiger partial charge in [0.1, 0.15) is 0 Å². The highest BCUT2D eigenvalue weighted by Gasteiger charge is 2.27. The summed E-state index contributed by atoms with van der Waals surface area (Å²) in [4.78, 5) is 16.9. The van der Waals surface area contributed by atoms with Crippen LogP contribution in [0.15, 0.2) is 36.9 Å². The van der Waals surface area contributed by atoms with E-state index in [0.29, 0.717) is 0 Å². The van der Waals surface area contributed by atoms with Crippen LogP contribution < -0.4 is 4.90 Å². The monoisotopic (exact) mass is 415 g/mol. The molecule has 0 N–H and O–H groups in total. The van der Waals surface area contributed by atoms with E-state index in [2.05, 4.69) is 56.2 Å². The van der Waals surface area contributed by atoms with Crippen LogP contribution in [0.2, 0.25) is 0 Å². The predicted molar refractivity (Wildman–Crippen MR) is 123 cm³/mol. The number of piperazine rings is 1.